The number of carbonyl (C=O) groups is 1. The minimum Gasteiger partial charge on any atom is -0.468 e. The van der Waals surface area contributed by atoms with Crippen LogP contribution in [0.4, 0.5) is 0 Å². The summed E-state index contributed by atoms with van der Waals surface area (Å²) in [6.07, 6.45) is 0.752. The number of methoxy groups -OCH3 is 1. The van der Waals surface area contributed by atoms with Gasteiger partial charge in [0.25, 0.3) is 0 Å². The lowest BCUT2D eigenvalue weighted by atomic mass is 9.92. The molecule has 0 saturated carbocycles. The lowest BCUT2D eigenvalue weighted by Crippen LogP contribution is -2.57. The lowest BCUT2D eigenvalue weighted by Gasteiger charge is -2.30. The fourth-order valence-corrected chi connectivity index (χ4v) is 3.25. The van der Waals surface area contributed by atoms with E-state index in [1.807, 2.05) is 6.92 Å². The van der Waals surface area contributed by atoms with Crippen molar-refractivity contribution in [1.82, 2.24) is 5.32 Å². The van der Waals surface area contributed by atoms with Crippen LogP contribution in [-0.2, 0) is 9.53 Å². The molecule has 2 unspecified atom stereocenters. The maximum atomic E-state index is 11.8. The van der Waals surface area contributed by atoms with Crippen LogP contribution in [-0.4, -0.2) is 42.7 Å². The molecule has 0 spiro atoms. The maximum Gasteiger partial charge on any atom is 0.327 e. The van der Waals surface area contributed by atoms with Crippen molar-refractivity contribution in [3.05, 3.63) is 10.4 Å². The summed E-state index contributed by atoms with van der Waals surface area (Å²) < 4.78 is 4.85. The Morgan fingerprint density at radius 3 is 3.06 bits per heavy atom. The Kier molecular flexibility index (Phi) is 4.92. The van der Waals surface area contributed by atoms with Crippen molar-refractivity contribution in [2.24, 2.45) is 5.11 Å². The Hall–Kier alpha value is -0.910. The number of esters is 1. The third-order valence-corrected chi connectivity index (χ3v) is 4.17. The van der Waals surface area contributed by atoms with Crippen molar-refractivity contribution in [3.63, 3.8) is 0 Å². The van der Waals surface area contributed by atoms with Crippen LogP contribution in [0.3, 0.4) is 0 Å². The number of rotatable bonds is 5. The van der Waals surface area contributed by atoms with Gasteiger partial charge in [0.15, 0.2) is 0 Å². The quantitative estimate of drug-likeness (QED) is 0.260. The second kappa shape index (κ2) is 5.98. The van der Waals surface area contributed by atoms with Crippen LogP contribution in [0.2, 0.25) is 0 Å². The van der Waals surface area contributed by atoms with Gasteiger partial charge >= 0.3 is 5.97 Å². The van der Waals surface area contributed by atoms with E-state index in [1.165, 1.54) is 7.11 Å². The molecule has 1 heterocycles. The van der Waals surface area contributed by atoms with Crippen LogP contribution < -0.4 is 5.32 Å². The number of hydrogen-bond acceptors (Lipinski definition) is 5. The van der Waals surface area contributed by atoms with Gasteiger partial charge in [-0.15, -0.1) is 0 Å². The van der Waals surface area contributed by atoms with Gasteiger partial charge < -0.3 is 10.1 Å². The highest BCUT2D eigenvalue weighted by Gasteiger charge is 2.47. The van der Waals surface area contributed by atoms with Crippen molar-refractivity contribution < 1.29 is 9.53 Å². The van der Waals surface area contributed by atoms with E-state index in [4.69, 9.17) is 10.3 Å². The van der Waals surface area contributed by atoms with Crippen molar-refractivity contribution in [2.75, 3.05) is 26.0 Å². The maximum absolute atomic E-state index is 11.8. The van der Waals surface area contributed by atoms with E-state index in [-0.39, 0.29) is 11.2 Å². The molecule has 1 saturated heterocycles. The molecule has 0 radical (unpaired) electrons. The first-order valence-corrected chi connectivity index (χ1v) is 6.18. The average Bonchev–Trinajstić information content (AvgIpc) is 2.66. The van der Waals surface area contributed by atoms with Crippen LogP contribution in [0.1, 0.15) is 13.3 Å². The third kappa shape index (κ3) is 2.61. The van der Waals surface area contributed by atoms with Gasteiger partial charge in [-0.1, -0.05) is 12.0 Å². The number of nitrogens with one attached hydrogen (secondary N) is 1. The SMILES string of the molecule is COC(=O)C1(NCCN=[N+]=[N-])CCSC1C. The van der Waals surface area contributed by atoms with E-state index in [1.54, 1.807) is 11.8 Å². The van der Waals surface area contributed by atoms with E-state index in [0.717, 1.165) is 12.2 Å². The van der Waals surface area contributed by atoms with Crippen LogP contribution in [0.25, 0.3) is 10.4 Å². The predicted octanol–water partition coefficient (Wildman–Crippen LogP) is 1.32. The fraction of sp³-hybridized carbons (Fsp3) is 0.889. The Balaban J connectivity index is 2.64. The first-order valence-electron chi connectivity index (χ1n) is 5.13. The number of azide groups is 1. The molecule has 1 rings (SSSR count). The molecule has 1 aliphatic heterocycles. The highest BCUT2D eigenvalue weighted by Crippen LogP contribution is 2.36. The van der Waals surface area contributed by atoms with Crippen molar-refractivity contribution in [1.29, 1.82) is 0 Å². The van der Waals surface area contributed by atoms with Gasteiger partial charge in [0.05, 0.1) is 7.11 Å². The molecule has 0 aromatic rings. The van der Waals surface area contributed by atoms with Gasteiger partial charge in [-0.2, -0.15) is 11.8 Å². The summed E-state index contributed by atoms with van der Waals surface area (Å²) in [7, 11) is 1.40. The summed E-state index contributed by atoms with van der Waals surface area (Å²) in [6.45, 7) is 2.84. The molecule has 2 atom stereocenters. The second-order valence-corrected chi connectivity index (χ2v) is 5.06. The van der Waals surface area contributed by atoms with E-state index in [2.05, 4.69) is 15.3 Å². The number of hydrogen-bond donors (Lipinski definition) is 1. The minimum atomic E-state index is -0.621. The number of carbonyl (C=O) groups excluding carboxylic acids is 1. The number of nitrogens with zero attached hydrogens (tertiary/aromatic N) is 3. The molecule has 1 aliphatic rings. The monoisotopic (exact) mass is 244 g/mol. The molecule has 1 N–H and O–H groups in total. The average molecular weight is 244 g/mol. The molecule has 90 valence electrons. The Labute approximate surface area is 98.7 Å². The van der Waals surface area contributed by atoms with Gasteiger partial charge in [0, 0.05) is 23.3 Å². The van der Waals surface area contributed by atoms with E-state index in [0.29, 0.717) is 13.1 Å². The molecule has 0 aromatic carbocycles. The molecule has 1 fully saturated rings. The summed E-state index contributed by atoms with van der Waals surface area (Å²) in [6, 6.07) is 0. The van der Waals surface area contributed by atoms with Gasteiger partial charge in [-0.25, -0.2) is 0 Å². The molecule has 0 aliphatic carbocycles. The van der Waals surface area contributed by atoms with Gasteiger partial charge in [0.1, 0.15) is 5.54 Å². The van der Waals surface area contributed by atoms with Crippen molar-refractivity contribution >= 4 is 17.7 Å². The Morgan fingerprint density at radius 2 is 2.56 bits per heavy atom. The first-order chi connectivity index (χ1) is 7.67. The zero-order valence-corrected chi connectivity index (χ0v) is 10.3. The summed E-state index contributed by atoms with van der Waals surface area (Å²) in [5, 5.41) is 6.78. The zero-order chi connectivity index (χ0) is 12.0. The van der Waals surface area contributed by atoms with Crippen molar-refractivity contribution in [2.45, 2.75) is 24.1 Å². The largest absolute Gasteiger partial charge is 0.468 e. The van der Waals surface area contributed by atoms with Gasteiger partial charge in [-0.05, 0) is 17.7 Å². The molecule has 0 amide bonds. The highest BCUT2D eigenvalue weighted by molar-refractivity contribution is 8.00. The molecular weight excluding hydrogens is 228 g/mol. The molecular formula is C9H16N4O2S. The summed E-state index contributed by atoms with van der Waals surface area (Å²) in [5.41, 5.74) is 7.54. The zero-order valence-electron chi connectivity index (χ0n) is 9.47. The molecule has 6 nitrogen and oxygen atoms in total. The number of ether oxygens (including phenoxy) is 1. The normalized spacial score (nSPS) is 28.5. The predicted molar refractivity (Wildman–Crippen MR) is 63.3 cm³/mol. The number of thioether (sulfide) groups is 1. The van der Waals surface area contributed by atoms with Gasteiger partial charge in [0.2, 0.25) is 0 Å². The molecule has 0 aromatic heterocycles. The van der Waals surface area contributed by atoms with Crippen LogP contribution >= 0.6 is 11.8 Å². The summed E-state index contributed by atoms with van der Waals surface area (Å²) in [4.78, 5) is 14.5. The summed E-state index contributed by atoms with van der Waals surface area (Å²) in [5.74, 6) is 0.705. The van der Waals surface area contributed by atoms with Crippen LogP contribution in [0.5, 0.6) is 0 Å². The highest BCUT2D eigenvalue weighted by atomic mass is 32.2. The standard InChI is InChI=1S/C9H16N4O2S/c1-7-9(3-6-16-7,8(14)15-2)11-4-5-12-13-10/h7,11H,3-6H2,1-2H3. The first kappa shape index (κ1) is 13.2. The van der Waals surface area contributed by atoms with E-state index < -0.39 is 5.54 Å². The molecule has 7 heteroatoms. The van der Waals surface area contributed by atoms with E-state index >= 15 is 0 Å². The lowest BCUT2D eigenvalue weighted by molar-refractivity contribution is -0.148. The Morgan fingerprint density at radius 1 is 1.81 bits per heavy atom. The fourth-order valence-electron chi connectivity index (χ4n) is 1.87. The van der Waals surface area contributed by atoms with Crippen LogP contribution in [0.15, 0.2) is 5.11 Å². The van der Waals surface area contributed by atoms with Crippen LogP contribution in [0, 0.1) is 0 Å². The molecule has 16 heavy (non-hydrogen) atoms. The van der Waals surface area contributed by atoms with Gasteiger partial charge in [-0.3, -0.25) is 4.79 Å². The van der Waals surface area contributed by atoms with Crippen molar-refractivity contribution in [3.8, 4) is 0 Å². The minimum absolute atomic E-state index is 0.172. The molecule has 0 bridgehead atoms. The van der Waals surface area contributed by atoms with E-state index in [9.17, 15) is 4.79 Å². The summed E-state index contributed by atoms with van der Waals surface area (Å²) >= 11 is 1.74. The topological polar surface area (TPSA) is 87.1 Å². The second-order valence-electron chi connectivity index (χ2n) is 3.61. The third-order valence-electron chi connectivity index (χ3n) is 2.82. The smallest absolute Gasteiger partial charge is 0.327 e. The Bertz CT molecular complexity index is 306.